The minimum Gasteiger partial charge on any atom is -0.493 e. The number of carbonyl (C=O) groups excluding carboxylic acids is 1. The van der Waals surface area contributed by atoms with Crippen molar-refractivity contribution in [3.05, 3.63) is 23.3 Å². The molecule has 138 valence electrons. The molecule has 1 saturated carbocycles. The summed E-state index contributed by atoms with van der Waals surface area (Å²) >= 11 is 0. The highest BCUT2D eigenvalue weighted by molar-refractivity contribution is 5.82. The lowest BCUT2D eigenvalue weighted by molar-refractivity contribution is -0.132. The molecule has 1 aromatic rings. The molecule has 25 heavy (non-hydrogen) atoms. The molecule has 0 aromatic heterocycles. The Balaban J connectivity index is 1.67. The van der Waals surface area contributed by atoms with Crippen LogP contribution in [0.4, 0.5) is 0 Å². The summed E-state index contributed by atoms with van der Waals surface area (Å²) in [5, 5.41) is 3.58. The fourth-order valence-electron chi connectivity index (χ4n) is 4.30. The molecule has 1 aromatic carbocycles. The Morgan fingerprint density at radius 1 is 1.20 bits per heavy atom. The second kappa shape index (κ2) is 7.65. The second-order valence-electron chi connectivity index (χ2n) is 7.43. The first-order chi connectivity index (χ1) is 12.0. The summed E-state index contributed by atoms with van der Waals surface area (Å²) in [5.74, 6) is 2.30. The van der Waals surface area contributed by atoms with Crippen molar-refractivity contribution in [2.75, 3.05) is 21.3 Å². The third-order valence-corrected chi connectivity index (χ3v) is 5.79. The zero-order valence-electron chi connectivity index (χ0n) is 15.8. The highest BCUT2D eigenvalue weighted by Crippen LogP contribution is 2.34. The van der Waals surface area contributed by atoms with Crippen LogP contribution in [0.3, 0.4) is 0 Å². The Morgan fingerprint density at radius 2 is 1.88 bits per heavy atom. The van der Waals surface area contributed by atoms with Crippen LogP contribution in [0.5, 0.6) is 11.5 Å². The van der Waals surface area contributed by atoms with Crippen LogP contribution < -0.4 is 14.8 Å². The van der Waals surface area contributed by atoms with Crippen LogP contribution in [-0.4, -0.2) is 44.2 Å². The van der Waals surface area contributed by atoms with Crippen LogP contribution in [-0.2, 0) is 11.3 Å². The fourth-order valence-corrected chi connectivity index (χ4v) is 4.30. The molecule has 1 N–H and O–H groups in total. The van der Waals surface area contributed by atoms with E-state index in [2.05, 4.69) is 5.32 Å². The maximum absolute atomic E-state index is 12.9. The van der Waals surface area contributed by atoms with Crippen molar-refractivity contribution in [2.24, 2.45) is 5.92 Å². The lowest BCUT2D eigenvalue weighted by Gasteiger charge is -2.24. The standard InChI is InChI=1S/C20H30N2O3/c1-13-9-18(24-3)19(25-4)11-15(13)12-22(2)20(23)17-10-14-7-5-6-8-16(14)21-17/h9,11,14,16-17,21H,5-8,10,12H2,1-4H3. The van der Waals surface area contributed by atoms with Gasteiger partial charge >= 0.3 is 0 Å². The molecule has 1 aliphatic carbocycles. The number of benzene rings is 1. The number of fused-ring (bicyclic) bond motifs is 1. The van der Waals surface area contributed by atoms with E-state index in [-0.39, 0.29) is 11.9 Å². The molecule has 3 atom stereocenters. The molecule has 5 nitrogen and oxygen atoms in total. The summed E-state index contributed by atoms with van der Waals surface area (Å²) in [4.78, 5) is 14.7. The van der Waals surface area contributed by atoms with Crippen LogP contribution in [0.25, 0.3) is 0 Å². The zero-order valence-corrected chi connectivity index (χ0v) is 15.8. The van der Waals surface area contributed by atoms with Gasteiger partial charge in [-0.05, 0) is 55.4 Å². The molecule has 3 rings (SSSR count). The van der Waals surface area contributed by atoms with Crippen molar-refractivity contribution in [1.29, 1.82) is 0 Å². The third-order valence-electron chi connectivity index (χ3n) is 5.79. The van der Waals surface area contributed by atoms with E-state index in [0.29, 0.717) is 24.3 Å². The van der Waals surface area contributed by atoms with E-state index >= 15 is 0 Å². The number of likely N-dealkylation sites (N-methyl/N-ethyl adjacent to an activating group) is 1. The van der Waals surface area contributed by atoms with Gasteiger partial charge in [0.2, 0.25) is 5.91 Å². The van der Waals surface area contributed by atoms with Gasteiger partial charge in [0, 0.05) is 19.6 Å². The molecule has 0 spiro atoms. The first kappa shape index (κ1) is 18.1. The number of nitrogens with zero attached hydrogens (tertiary/aromatic N) is 1. The van der Waals surface area contributed by atoms with Crippen molar-refractivity contribution in [3.63, 3.8) is 0 Å². The molecule has 5 heteroatoms. The third kappa shape index (κ3) is 3.76. The van der Waals surface area contributed by atoms with Crippen molar-refractivity contribution in [3.8, 4) is 11.5 Å². The minimum absolute atomic E-state index is 0.0291. The van der Waals surface area contributed by atoms with E-state index in [0.717, 1.165) is 23.3 Å². The smallest absolute Gasteiger partial charge is 0.239 e. The quantitative estimate of drug-likeness (QED) is 0.891. The minimum atomic E-state index is -0.0291. The highest BCUT2D eigenvalue weighted by atomic mass is 16.5. The number of rotatable bonds is 5. The first-order valence-electron chi connectivity index (χ1n) is 9.26. The summed E-state index contributed by atoms with van der Waals surface area (Å²) in [6, 6.07) is 4.45. The topological polar surface area (TPSA) is 50.8 Å². The summed E-state index contributed by atoms with van der Waals surface area (Å²) < 4.78 is 10.7. The molecular formula is C20H30N2O3. The predicted octanol–water partition coefficient (Wildman–Crippen LogP) is 2.89. The van der Waals surface area contributed by atoms with Crippen LogP contribution in [0.15, 0.2) is 12.1 Å². The number of ether oxygens (including phenoxy) is 2. The number of aryl methyl sites for hydroxylation is 1. The average Bonchev–Trinajstić information content (AvgIpc) is 3.06. The Kier molecular flexibility index (Phi) is 5.52. The Labute approximate surface area is 150 Å². The van der Waals surface area contributed by atoms with Crippen molar-refractivity contribution >= 4 is 5.91 Å². The van der Waals surface area contributed by atoms with Crippen LogP contribution in [0.2, 0.25) is 0 Å². The number of hydrogen-bond acceptors (Lipinski definition) is 4. The number of methoxy groups -OCH3 is 2. The molecule has 0 radical (unpaired) electrons. The second-order valence-corrected chi connectivity index (χ2v) is 7.43. The van der Waals surface area contributed by atoms with Crippen molar-refractivity contribution in [1.82, 2.24) is 10.2 Å². The van der Waals surface area contributed by atoms with Gasteiger partial charge in [-0.2, -0.15) is 0 Å². The molecule has 3 unspecified atom stereocenters. The molecule has 2 aliphatic rings. The van der Waals surface area contributed by atoms with Gasteiger partial charge in [0.1, 0.15) is 0 Å². The first-order valence-corrected chi connectivity index (χ1v) is 9.26. The molecule has 1 aliphatic heterocycles. The Bertz CT molecular complexity index is 618. The monoisotopic (exact) mass is 346 g/mol. The normalized spacial score (nSPS) is 25.4. The van der Waals surface area contributed by atoms with E-state index in [9.17, 15) is 4.79 Å². The van der Waals surface area contributed by atoms with Gasteiger partial charge < -0.3 is 19.7 Å². The van der Waals surface area contributed by atoms with E-state index < -0.39 is 0 Å². The molecule has 1 amide bonds. The molecule has 0 bridgehead atoms. The van der Waals surface area contributed by atoms with Gasteiger partial charge in [0.05, 0.1) is 20.3 Å². The van der Waals surface area contributed by atoms with Crippen LogP contribution >= 0.6 is 0 Å². The van der Waals surface area contributed by atoms with E-state index in [1.54, 1.807) is 14.2 Å². The maximum Gasteiger partial charge on any atom is 0.239 e. The van der Waals surface area contributed by atoms with Gasteiger partial charge in [-0.1, -0.05) is 12.8 Å². The molecule has 1 heterocycles. The number of amides is 1. The van der Waals surface area contributed by atoms with Crippen molar-refractivity contribution in [2.45, 2.75) is 57.7 Å². The SMILES string of the molecule is COc1cc(C)c(CN(C)C(=O)C2CC3CCCCC3N2)cc1OC. The molecule has 2 fully saturated rings. The number of hydrogen-bond donors (Lipinski definition) is 1. The van der Waals surface area contributed by atoms with Crippen molar-refractivity contribution < 1.29 is 14.3 Å². The summed E-state index contributed by atoms with van der Waals surface area (Å²) in [6.07, 6.45) is 6.06. The lowest BCUT2D eigenvalue weighted by atomic mass is 9.85. The van der Waals surface area contributed by atoms with E-state index in [1.165, 1.54) is 25.7 Å². The predicted molar refractivity (Wildman–Crippen MR) is 98.0 cm³/mol. The summed E-state index contributed by atoms with van der Waals surface area (Å²) in [6.45, 7) is 2.62. The number of carbonyl (C=O) groups is 1. The summed E-state index contributed by atoms with van der Waals surface area (Å²) in [7, 11) is 5.16. The Morgan fingerprint density at radius 3 is 2.56 bits per heavy atom. The largest absolute Gasteiger partial charge is 0.493 e. The van der Waals surface area contributed by atoms with Gasteiger partial charge in [0.15, 0.2) is 11.5 Å². The summed E-state index contributed by atoms with van der Waals surface area (Å²) in [5.41, 5.74) is 2.19. The van der Waals surface area contributed by atoms with E-state index in [1.807, 2.05) is 31.0 Å². The lowest BCUT2D eigenvalue weighted by Crippen LogP contribution is -2.43. The van der Waals surface area contributed by atoms with E-state index in [4.69, 9.17) is 9.47 Å². The van der Waals surface area contributed by atoms with Gasteiger partial charge in [-0.25, -0.2) is 0 Å². The fraction of sp³-hybridized carbons (Fsp3) is 0.650. The van der Waals surface area contributed by atoms with Gasteiger partial charge in [-0.15, -0.1) is 0 Å². The van der Waals surface area contributed by atoms with Gasteiger partial charge in [-0.3, -0.25) is 4.79 Å². The highest BCUT2D eigenvalue weighted by Gasteiger charge is 2.39. The van der Waals surface area contributed by atoms with Crippen LogP contribution in [0, 0.1) is 12.8 Å². The molecule has 1 saturated heterocycles. The maximum atomic E-state index is 12.9. The van der Waals surface area contributed by atoms with Gasteiger partial charge in [0.25, 0.3) is 0 Å². The van der Waals surface area contributed by atoms with Crippen LogP contribution in [0.1, 0.15) is 43.2 Å². The number of nitrogens with one attached hydrogen (secondary N) is 1. The molecular weight excluding hydrogens is 316 g/mol. The zero-order chi connectivity index (χ0) is 18.0. The average molecular weight is 346 g/mol. The Hall–Kier alpha value is -1.75.